The average molecular weight is 352 g/mol. The number of hydrogen-bond donors (Lipinski definition) is 1. The average Bonchev–Trinajstić information content (AvgIpc) is 3.03. The van der Waals surface area contributed by atoms with Crippen molar-refractivity contribution in [3.05, 3.63) is 16.1 Å². The Bertz CT molecular complexity index is 558. The number of carbonyl (C=O) groups excluding carboxylic acids is 2. The molecule has 1 aliphatic rings. The first-order chi connectivity index (χ1) is 11.5. The van der Waals surface area contributed by atoms with Crippen molar-refractivity contribution < 1.29 is 9.59 Å². The lowest BCUT2D eigenvalue weighted by Crippen LogP contribution is -2.41. The predicted octanol–water partition coefficient (Wildman–Crippen LogP) is 2.96. The van der Waals surface area contributed by atoms with Crippen LogP contribution in [0.25, 0.3) is 0 Å². The van der Waals surface area contributed by atoms with Gasteiger partial charge in [-0.3, -0.25) is 9.59 Å². The van der Waals surface area contributed by atoms with Gasteiger partial charge in [-0.2, -0.15) is 0 Å². The lowest BCUT2D eigenvalue weighted by molar-refractivity contribution is -0.136. The molecule has 1 aromatic rings. The summed E-state index contributed by atoms with van der Waals surface area (Å²) in [6.45, 7) is 8.00. The van der Waals surface area contributed by atoms with E-state index in [1.54, 1.807) is 11.3 Å². The maximum Gasteiger partial charge on any atom is 0.225 e. The van der Waals surface area contributed by atoms with Crippen molar-refractivity contribution >= 4 is 23.2 Å². The number of nitrogens with zero attached hydrogens (tertiary/aromatic N) is 2. The Morgan fingerprint density at radius 2 is 2.29 bits per heavy atom. The van der Waals surface area contributed by atoms with Crippen LogP contribution in [-0.4, -0.2) is 41.3 Å². The lowest BCUT2D eigenvalue weighted by atomic mass is 9.96. The van der Waals surface area contributed by atoms with Crippen LogP contribution in [0, 0.1) is 5.92 Å². The minimum absolute atomic E-state index is 0.00640. The number of thiazole rings is 1. The first-order valence-electron chi connectivity index (χ1n) is 8.98. The molecule has 2 rings (SSSR count). The Morgan fingerprint density at radius 3 is 3.00 bits per heavy atom. The summed E-state index contributed by atoms with van der Waals surface area (Å²) in [5.41, 5.74) is 1.03. The zero-order valence-electron chi connectivity index (χ0n) is 15.0. The first kappa shape index (κ1) is 18.9. The Hall–Kier alpha value is -1.43. The second-order valence-electron chi connectivity index (χ2n) is 6.72. The van der Waals surface area contributed by atoms with Crippen molar-refractivity contribution in [1.29, 1.82) is 0 Å². The smallest absolute Gasteiger partial charge is 0.225 e. The molecule has 1 saturated heterocycles. The summed E-state index contributed by atoms with van der Waals surface area (Å²) < 4.78 is 0. The largest absolute Gasteiger partial charge is 0.356 e. The summed E-state index contributed by atoms with van der Waals surface area (Å²) in [5, 5.41) is 6.02. The molecule has 2 heterocycles. The van der Waals surface area contributed by atoms with E-state index >= 15 is 0 Å². The van der Waals surface area contributed by atoms with Crippen molar-refractivity contribution in [3.63, 3.8) is 0 Å². The van der Waals surface area contributed by atoms with Crippen LogP contribution < -0.4 is 5.32 Å². The van der Waals surface area contributed by atoms with Gasteiger partial charge in [0, 0.05) is 50.2 Å². The minimum atomic E-state index is -0.00640. The normalized spacial score (nSPS) is 19.1. The highest BCUT2D eigenvalue weighted by atomic mass is 32.1. The van der Waals surface area contributed by atoms with E-state index in [1.807, 2.05) is 11.8 Å². The number of aromatic nitrogens is 1. The molecule has 0 unspecified atom stereocenters. The van der Waals surface area contributed by atoms with Crippen LogP contribution in [0.15, 0.2) is 5.38 Å². The predicted molar refractivity (Wildman–Crippen MR) is 97.1 cm³/mol. The molecule has 0 saturated carbocycles. The van der Waals surface area contributed by atoms with Gasteiger partial charge in [0.15, 0.2) is 0 Å². The highest BCUT2D eigenvalue weighted by Crippen LogP contribution is 2.30. The van der Waals surface area contributed by atoms with Gasteiger partial charge in [0.1, 0.15) is 0 Å². The fourth-order valence-electron chi connectivity index (χ4n) is 3.24. The fraction of sp³-hybridized carbons (Fsp3) is 0.722. The Kier molecular flexibility index (Phi) is 7.21. The third-order valence-electron chi connectivity index (χ3n) is 4.55. The van der Waals surface area contributed by atoms with E-state index in [0.29, 0.717) is 18.4 Å². The van der Waals surface area contributed by atoms with Crippen molar-refractivity contribution in [2.24, 2.45) is 5.92 Å². The van der Waals surface area contributed by atoms with Crippen LogP contribution in [0.1, 0.15) is 63.1 Å². The van der Waals surface area contributed by atoms with Gasteiger partial charge < -0.3 is 10.2 Å². The van der Waals surface area contributed by atoms with E-state index in [1.165, 1.54) is 6.92 Å². The van der Waals surface area contributed by atoms with Crippen LogP contribution in [0.5, 0.6) is 0 Å². The summed E-state index contributed by atoms with van der Waals surface area (Å²) in [7, 11) is 0. The summed E-state index contributed by atoms with van der Waals surface area (Å²) in [4.78, 5) is 30.2. The molecule has 1 aliphatic heterocycles. The van der Waals surface area contributed by atoms with E-state index in [9.17, 15) is 9.59 Å². The highest BCUT2D eigenvalue weighted by molar-refractivity contribution is 7.09. The zero-order chi connectivity index (χ0) is 17.5. The minimum Gasteiger partial charge on any atom is -0.356 e. The van der Waals surface area contributed by atoms with E-state index in [4.69, 9.17) is 4.98 Å². The number of piperidine rings is 1. The third kappa shape index (κ3) is 5.30. The van der Waals surface area contributed by atoms with Gasteiger partial charge in [0.05, 0.1) is 10.7 Å². The molecular formula is C18H29N3O2S. The van der Waals surface area contributed by atoms with E-state index in [-0.39, 0.29) is 11.8 Å². The van der Waals surface area contributed by atoms with E-state index in [2.05, 4.69) is 17.6 Å². The lowest BCUT2D eigenvalue weighted by Gasteiger charge is -2.33. The molecule has 24 heavy (non-hydrogen) atoms. The van der Waals surface area contributed by atoms with Gasteiger partial charge in [-0.1, -0.05) is 20.3 Å². The molecule has 0 radical (unpaired) electrons. The fourth-order valence-corrected chi connectivity index (χ4v) is 4.22. The number of amides is 2. The number of carbonyl (C=O) groups is 2. The van der Waals surface area contributed by atoms with Crippen molar-refractivity contribution in [1.82, 2.24) is 15.2 Å². The second kappa shape index (κ2) is 9.16. The summed E-state index contributed by atoms with van der Waals surface area (Å²) in [6.07, 6.45) is 4.93. The molecule has 0 aromatic carbocycles. The first-order valence-corrected chi connectivity index (χ1v) is 9.86. The summed E-state index contributed by atoms with van der Waals surface area (Å²) in [6, 6.07) is 0. The van der Waals surface area contributed by atoms with Crippen LogP contribution in [0.3, 0.4) is 0 Å². The monoisotopic (exact) mass is 351 g/mol. The maximum atomic E-state index is 12.5. The zero-order valence-corrected chi connectivity index (χ0v) is 15.8. The quantitative estimate of drug-likeness (QED) is 0.821. The molecule has 5 nitrogen and oxygen atoms in total. The standard InChI is InChI=1S/C18H29N3O2S/c1-4-6-13(2)18(23)21-10-5-7-15(11-21)17-20-16(12-24-17)8-9-19-14(3)22/h12-13,15H,4-11H2,1-3H3,(H,19,22)/t13-,15-/m1/s1. The molecule has 134 valence electrons. The Labute approximate surface area is 148 Å². The highest BCUT2D eigenvalue weighted by Gasteiger charge is 2.28. The third-order valence-corrected chi connectivity index (χ3v) is 5.61. The maximum absolute atomic E-state index is 12.5. The van der Waals surface area contributed by atoms with Crippen molar-refractivity contribution in [2.45, 2.75) is 58.8 Å². The van der Waals surface area contributed by atoms with Crippen LogP contribution in [0.4, 0.5) is 0 Å². The Balaban J connectivity index is 1.91. The van der Waals surface area contributed by atoms with Crippen LogP contribution in [-0.2, 0) is 16.0 Å². The van der Waals surface area contributed by atoms with Crippen molar-refractivity contribution in [3.8, 4) is 0 Å². The molecule has 0 bridgehead atoms. The second-order valence-corrected chi connectivity index (χ2v) is 7.61. The van der Waals surface area contributed by atoms with Gasteiger partial charge in [-0.05, 0) is 19.3 Å². The molecule has 6 heteroatoms. The number of likely N-dealkylation sites (tertiary alicyclic amines) is 1. The molecule has 1 aromatic heterocycles. The molecule has 1 N–H and O–H groups in total. The molecule has 0 aliphatic carbocycles. The van der Waals surface area contributed by atoms with Gasteiger partial charge in [0.2, 0.25) is 11.8 Å². The molecule has 0 spiro atoms. The van der Waals surface area contributed by atoms with Gasteiger partial charge >= 0.3 is 0 Å². The van der Waals surface area contributed by atoms with E-state index in [0.717, 1.165) is 55.9 Å². The summed E-state index contributed by atoms with van der Waals surface area (Å²) >= 11 is 1.69. The number of nitrogens with one attached hydrogen (secondary N) is 1. The van der Waals surface area contributed by atoms with Gasteiger partial charge in [-0.15, -0.1) is 11.3 Å². The van der Waals surface area contributed by atoms with Gasteiger partial charge in [-0.25, -0.2) is 4.98 Å². The molecular weight excluding hydrogens is 322 g/mol. The number of hydrogen-bond acceptors (Lipinski definition) is 4. The van der Waals surface area contributed by atoms with Crippen LogP contribution in [0.2, 0.25) is 0 Å². The Morgan fingerprint density at radius 1 is 1.50 bits per heavy atom. The van der Waals surface area contributed by atoms with Gasteiger partial charge in [0.25, 0.3) is 0 Å². The molecule has 1 fully saturated rings. The topological polar surface area (TPSA) is 62.3 Å². The molecule has 2 atom stereocenters. The SMILES string of the molecule is CCC[C@@H](C)C(=O)N1CCC[C@@H](c2nc(CCNC(C)=O)cs2)C1. The molecule has 2 amide bonds. The summed E-state index contributed by atoms with van der Waals surface area (Å²) in [5.74, 6) is 0.770. The van der Waals surface area contributed by atoms with E-state index < -0.39 is 0 Å². The number of rotatable bonds is 7. The van der Waals surface area contributed by atoms with Crippen molar-refractivity contribution in [2.75, 3.05) is 19.6 Å². The van der Waals surface area contributed by atoms with Crippen LogP contribution >= 0.6 is 11.3 Å².